The predicted molar refractivity (Wildman–Crippen MR) is 50.7 cm³/mol. The van der Waals surface area contributed by atoms with Gasteiger partial charge in [-0.15, -0.1) is 0 Å². The molecule has 0 aromatic heterocycles. The van der Waals surface area contributed by atoms with Crippen LogP contribution in [0.15, 0.2) is 0 Å². The topological polar surface area (TPSA) is 110 Å². The number of carbonyl (C=O) groups is 2. The van der Waals surface area contributed by atoms with Gasteiger partial charge in [-0.1, -0.05) is 0 Å². The van der Waals surface area contributed by atoms with Crippen molar-refractivity contribution in [2.75, 3.05) is 19.4 Å². The first-order valence-corrected chi connectivity index (χ1v) is 5.78. The first-order chi connectivity index (χ1) is 6.87. The molecule has 0 heterocycles. The standard InChI is InChI=1S/C7H13NO6S/c1-14-7(11)5-8-15(12,13)4-2-3-6(9)10/h8H,2-5H2,1H3,(H,9,10). The highest BCUT2D eigenvalue weighted by atomic mass is 32.2. The number of ether oxygens (including phenoxy) is 1. The molecule has 0 fully saturated rings. The number of carbonyl (C=O) groups excluding carboxylic acids is 1. The molecule has 0 rings (SSSR count). The van der Waals surface area contributed by atoms with Crippen molar-refractivity contribution in [1.82, 2.24) is 4.72 Å². The average Bonchev–Trinajstić information content (AvgIpc) is 2.13. The maximum absolute atomic E-state index is 11.1. The first kappa shape index (κ1) is 13.8. The number of carboxylic acids is 1. The van der Waals surface area contributed by atoms with Gasteiger partial charge in [0.05, 0.1) is 12.9 Å². The second-order valence-electron chi connectivity index (χ2n) is 2.71. The minimum absolute atomic E-state index is 0.00579. The van der Waals surface area contributed by atoms with E-state index in [4.69, 9.17) is 5.11 Å². The normalized spacial score (nSPS) is 11.0. The molecule has 0 saturated carbocycles. The van der Waals surface area contributed by atoms with E-state index in [1.165, 1.54) is 0 Å². The molecule has 88 valence electrons. The quantitative estimate of drug-likeness (QED) is 0.548. The number of aliphatic carboxylic acids is 1. The van der Waals surface area contributed by atoms with Gasteiger partial charge >= 0.3 is 11.9 Å². The number of carboxylic acid groups (broad SMARTS) is 1. The van der Waals surface area contributed by atoms with E-state index in [0.717, 1.165) is 7.11 Å². The summed E-state index contributed by atoms with van der Waals surface area (Å²) >= 11 is 0. The van der Waals surface area contributed by atoms with E-state index in [0.29, 0.717) is 0 Å². The molecule has 8 heteroatoms. The van der Waals surface area contributed by atoms with Crippen molar-refractivity contribution < 1.29 is 27.9 Å². The van der Waals surface area contributed by atoms with Crippen LogP contribution < -0.4 is 4.72 Å². The molecule has 0 aliphatic carbocycles. The second kappa shape index (κ2) is 6.36. The van der Waals surface area contributed by atoms with Crippen LogP contribution in [0.1, 0.15) is 12.8 Å². The summed E-state index contributed by atoms with van der Waals surface area (Å²) < 4.78 is 28.5. The number of nitrogens with one attached hydrogen (secondary N) is 1. The van der Waals surface area contributed by atoms with Gasteiger partial charge < -0.3 is 9.84 Å². The summed E-state index contributed by atoms with van der Waals surface area (Å²) in [4.78, 5) is 20.7. The smallest absolute Gasteiger partial charge is 0.320 e. The van der Waals surface area contributed by atoms with Gasteiger partial charge in [0.15, 0.2) is 0 Å². The van der Waals surface area contributed by atoms with Crippen LogP contribution in [0.25, 0.3) is 0 Å². The lowest BCUT2D eigenvalue weighted by Gasteiger charge is -2.04. The summed E-state index contributed by atoms with van der Waals surface area (Å²) in [6.07, 6.45) is -0.217. The zero-order chi connectivity index (χ0) is 11.9. The summed E-state index contributed by atoms with van der Waals surface area (Å²) in [7, 11) is -2.46. The molecule has 0 bridgehead atoms. The van der Waals surface area contributed by atoms with Crippen LogP contribution in [0.4, 0.5) is 0 Å². The minimum Gasteiger partial charge on any atom is -0.481 e. The molecule has 0 amide bonds. The Morgan fingerprint density at radius 3 is 2.47 bits per heavy atom. The molecule has 7 nitrogen and oxygen atoms in total. The lowest BCUT2D eigenvalue weighted by molar-refractivity contribution is -0.139. The van der Waals surface area contributed by atoms with Crippen LogP contribution in [0.5, 0.6) is 0 Å². The predicted octanol–water partition coefficient (Wildman–Crippen LogP) is -1.06. The van der Waals surface area contributed by atoms with Crippen LogP contribution >= 0.6 is 0 Å². The van der Waals surface area contributed by atoms with Gasteiger partial charge in [0, 0.05) is 6.42 Å². The van der Waals surface area contributed by atoms with Crippen molar-refractivity contribution in [3.8, 4) is 0 Å². The highest BCUT2D eigenvalue weighted by Gasteiger charge is 2.12. The maximum Gasteiger partial charge on any atom is 0.320 e. The van der Waals surface area contributed by atoms with E-state index in [9.17, 15) is 18.0 Å². The van der Waals surface area contributed by atoms with E-state index >= 15 is 0 Å². The third kappa shape index (κ3) is 7.89. The molecule has 0 radical (unpaired) electrons. The number of methoxy groups -OCH3 is 1. The summed E-state index contributed by atoms with van der Waals surface area (Å²) in [5.74, 6) is -2.08. The van der Waals surface area contributed by atoms with Crippen LogP contribution in [-0.4, -0.2) is 44.9 Å². The van der Waals surface area contributed by atoms with Gasteiger partial charge in [0.1, 0.15) is 6.54 Å². The molecule has 2 N–H and O–H groups in total. The Morgan fingerprint density at radius 2 is 2.00 bits per heavy atom. The molecule has 15 heavy (non-hydrogen) atoms. The Bertz CT molecular complexity index is 322. The monoisotopic (exact) mass is 239 g/mol. The van der Waals surface area contributed by atoms with Crippen LogP contribution in [0, 0.1) is 0 Å². The maximum atomic E-state index is 11.1. The van der Waals surface area contributed by atoms with Gasteiger partial charge in [-0.05, 0) is 6.42 Å². The fraction of sp³-hybridized carbons (Fsp3) is 0.714. The van der Waals surface area contributed by atoms with Gasteiger partial charge in [0.25, 0.3) is 0 Å². The largest absolute Gasteiger partial charge is 0.481 e. The van der Waals surface area contributed by atoms with Crippen molar-refractivity contribution in [3.05, 3.63) is 0 Å². The number of esters is 1. The third-order valence-corrected chi connectivity index (χ3v) is 2.88. The highest BCUT2D eigenvalue weighted by Crippen LogP contribution is 1.94. The molecule has 0 aromatic carbocycles. The molecule has 0 unspecified atom stereocenters. The van der Waals surface area contributed by atoms with E-state index in [-0.39, 0.29) is 18.6 Å². The fourth-order valence-electron chi connectivity index (χ4n) is 0.727. The molecular formula is C7H13NO6S. The van der Waals surface area contributed by atoms with E-state index in [1.54, 1.807) is 0 Å². The van der Waals surface area contributed by atoms with Gasteiger partial charge in [-0.3, -0.25) is 9.59 Å². The average molecular weight is 239 g/mol. The molecule has 0 aliphatic rings. The molecule has 0 aromatic rings. The third-order valence-electron chi connectivity index (χ3n) is 1.47. The SMILES string of the molecule is COC(=O)CNS(=O)(=O)CCCC(=O)O. The molecule has 0 spiro atoms. The van der Waals surface area contributed by atoms with E-state index in [1.807, 2.05) is 4.72 Å². The van der Waals surface area contributed by atoms with Crippen LogP contribution in [-0.2, 0) is 24.3 Å². The van der Waals surface area contributed by atoms with E-state index < -0.39 is 28.5 Å². The van der Waals surface area contributed by atoms with Gasteiger partial charge in [-0.2, -0.15) is 0 Å². The summed E-state index contributed by atoms with van der Waals surface area (Å²) in [6, 6.07) is 0. The minimum atomic E-state index is -3.60. The zero-order valence-electron chi connectivity index (χ0n) is 8.23. The fourth-order valence-corrected chi connectivity index (χ4v) is 1.73. The Morgan fingerprint density at radius 1 is 1.40 bits per heavy atom. The van der Waals surface area contributed by atoms with Gasteiger partial charge in [0.2, 0.25) is 10.0 Å². The second-order valence-corrected chi connectivity index (χ2v) is 4.64. The molecule has 0 atom stereocenters. The molecule has 0 saturated heterocycles. The Hall–Kier alpha value is -1.15. The number of rotatable bonds is 7. The first-order valence-electron chi connectivity index (χ1n) is 4.13. The highest BCUT2D eigenvalue weighted by molar-refractivity contribution is 7.89. The zero-order valence-corrected chi connectivity index (χ0v) is 9.04. The summed E-state index contributed by atoms with van der Waals surface area (Å²) in [5.41, 5.74) is 0. The van der Waals surface area contributed by atoms with Gasteiger partial charge in [-0.25, -0.2) is 13.1 Å². The summed E-state index contributed by atoms with van der Waals surface area (Å²) in [5, 5.41) is 8.28. The Kier molecular flexibility index (Phi) is 5.87. The van der Waals surface area contributed by atoms with Crippen LogP contribution in [0.3, 0.4) is 0 Å². The molecular weight excluding hydrogens is 226 g/mol. The number of hydrogen-bond acceptors (Lipinski definition) is 5. The lowest BCUT2D eigenvalue weighted by Crippen LogP contribution is -2.32. The number of hydrogen-bond donors (Lipinski definition) is 2. The van der Waals surface area contributed by atoms with Crippen molar-refractivity contribution >= 4 is 22.0 Å². The van der Waals surface area contributed by atoms with Crippen LogP contribution in [0.2, 0.25) is 0 Å². The number of sulfonamides is 1. The van der Waals surface area contributed by atoms with E-state index in [2.05, 4.69) is 4.74 Å². The lowest BCUT2D eigenvalue weighted by atomic mass is 10.3. The molecule has 0 aliphatic heterocycles. The Balaban J connectivity index is 3.87. The van der Waals surface area contributed by atoms with Crippen molar-refractivity contribution in [1.29, 1.82) is 0 Å². The van der Waals surface area contributed by atoms with Crippen molar-refractivity contribution in [2.45, 2.75) is 12.8 Å². The summed E-state index contributed by atoms with van der Waals surface area (Å²) in [6.45, 7) is -0.439. The Labute approximate surface area is 87.5 Å². The van der Waals surface area contributed by atoms with Crippen molar-refractivity contribution in [2.24, 2.45) is 0 Å². The van der Waals surface area contributed by atoms with Crippen molar-refractivity contribution in [3.63, 3.8) is 0 Å².